The summed E-state index contributed by atoms with van der Waals surface area (Å²) in [5.74, 6) is 2.92. The van der Waals surface area contributed by atoms with Crippen LogP contribution < -0.4 is 9.47 Å². The molecule has 0 saturated carbocycles. The molecule has 4 heterocycles. The molecule has 1 aliphatic rings. The second-order valence-corrected chi connectivity index (χ2v) is 13.7. The number of hydrogen-bond donors (Lipinski definition) is 0. The monoisotopic (exact) mass is 680 g/mol. The number of furan rings is 1. The molecule has 12 rings (SSSR count). The molecule has 0 amide bonds. The molecule has 0 fully saturated rings. The van der Waals surface area contributed by atoms with Crippen molar-refractivity contribution >= 4 is 65.6 Å². The van der Waals surface area contributed by atoms with E-state index in [9.17, 15) is 0 Å². The number of benzene rings is 8. The molecule has 11 aromatic rings. The first kappa shape index (κ1) is 28.5. The number of para-hydroxylation sites is 5. The molecule has 0 spiro atoms. The molecule has 1 aliphatic heterocycles. The van der Waals surface area contributed by atoms with Crippen molar-refractivity contribution in [1.82, 2.24) is 9.13 Å². The Morgan fingerprint density at radius 1 is 0.340 bits per heavy atom. The summed E-state index contributed by atoms with van der Waals surface area (Å²) in [6.45, 7) is 0. The molecule has 0 atom stereocenters. The third-order valence-corrected chi connectivity index (χ3v) is 10.8. The minimum atomic E-state index is 0.723. The van der Waals surface area contributed by atoms with Gasteiger partial charge in [-0.25, -0.2) is 0 Å². The largest absolute Gasteiger partial charge is 0.455 e. The van der Waals surface area contributed by atoms with Gasteiger partial charge in [0.2, 0.25) is 0 Å². The summed E-state index contributed by atoms with van der Waals surface area (Å²) in [6.07, 6.45) is 0. The van der Waals surface area contributed by atoms with Crippen molar-refractivity contribution in [3.8, 4) is 45.5 Å². The Morgan fingerprint density at radius 3 is 1.55 bits per heavy atom. The van der Waals surface area contributed by atoms with E-state index < -0.39 is 0 Å². The fourth-order valence-electron chi connectivity index (χ4n) is 8.44. The topological polar surface area (TPSA) is 41.5 Å². The minimum absolute atomic E-state index is 0.723. The molecular formula is C48H28N2O3. The predicted octanol–water partition coefficient (Wildman–Crippen LogP) is 13.3. The predicted molar refractivity (Wildman–Crippen MR) is 214 cm³/mol. The van der Waals surface area contributed by atoms with E-state index in [2.05, 4.69) is 137 Å². The van der Waals surface area contributed by atoms with Crippen LogP contribution in [-0.4, -0.2) is 9.13 Å². The van der Waals surface area contributed by atoms with E-state index in [0.29, 0.717) is 0 Å². The second kappa shape index (κ2) is 10.6. The number of nitrogens with zero attached hydrogens (tertiary/aromatic N) is 2. The van der Waals surface area contributed by atoms with Crippen LogP contribution >= 0.6 is 0 Å². The summed E-state index contributed by atoms with van der Waals surface area (Å²) >= 11 is 0. The third-order valence-electron chi connectivity index (χ3n) is 10.8. The van der Waals surface area contributed by atoms with Gasteiger partial charge in [-0.2, -0.15) is 0 Å². The Labute approximate surface area is 303 Å². The van der Waals surface area contributed by atoms with Crippen molar-refractivity contribution < 1.29 is 13.9 Å². The van der Waals surface area contributed by atoms with Crippen LogP contribution in [0.3, 0.4) is 0 Å². The van der Waals surface area contributed by atoms with Crippen molar-refractivity contribution in [2.75, 3.05) is 0 Å². The highest BCUT2D eigenvalue weighted by molar-refractivity contribution is 6.23. The zero-order valence-electron chi connectivity index (χ0n) is 28.3. The maximum atomic E-state index is 6.50. The Balaban J connectivity index is 0.940. The molecule has 0 N–H and O–H groups in total. The number of hydrogen-bond acceptors (Lipinski definition) is 3. The molecule has 0 unspecified atom stereocenters. The lowest BCUT2D eigenvalue weighted by Gasteiger charge is -2.21. The average molecular weight is 681 g/mol. The number of rotatable bonds is 3. The molecule has 5 nitrogen and oxygen atoms in total. The Bertz CT molecular complexity index is 3270. The summed E-state index contributed by atoms with van der Waals surface area (Å²) in [5, 5.41) is 6.77. The van der Waals surface area contributed by atoms with E-state index in [1.54, 1.807) is 0 Å². The SMILES string of the molecule is c1ccc2c(c1)Oc1ccc3c(c1O2)c1ccccc1n3-c1ccc(-c2ccc(-n3c4ccccc4c4c5oc6ccccc6c5ccc43)cc2)cc1. The van der Waals surface area contributed by atoms with E-state index in [0.717, 1.165) is 106 Å². The Morgan fingerprint density at radius 2 is 0.868 bits per heavy atom. The zero-order chi connectivity index (χ0) is 34.6. The van der Waals surface area contributed by atoms with E-state index in [-0.39, 0.29) is 0 Å². The maximum absolute atomic E-state index is 6.50. The summed E-state index contributed by atoms with van der Waals surface area (Å²) in [5.41, 5.74) is 10.8. The maximum Gasteiger partial charge on any atom is 0.180 e. The van der Waals surface area contributed by atoms with Gasteiger partial charge in [0.05, 0.1) is 32.8 Å². The third kappa shape index (κ3) is 4.02. The van der Waals surface area contributed by atoms with Gasteiger partial charge < -0.3 is 23.0 Å². The van der Waals surface area contributed by atoms with Crippen LogP contribution in [0.15, 0.2) is 174 Å². The van der Waals surface area contributed by atoms with Gasteiger partial charge in [-0.15, -0.1) is 0 Å². The van der Waals surface area contributed by atoms with Gasteiger partial charge in [-0.05, 0) is 90.0 Å². The molecule has 3 aromatic heterocycles. The average Bonchev–Trinajstić information content (AvgIpc) is 3.88. The highest BCUT2D eigenvalue weighted by Crippen LogP contribution is 2.51. The van der Waals surface area contributed by atoms with E-state index in [4.69, 9.17) is 13.9 Å². The van der Waals surface area contributed by atoms with Gasteiger partial charge in [0.25, 0.3) is 0 Å². The molecular weight excluding hydrogens is 653 g/mol. The van der Waals surface area contributed by atoms with Crippen LogP contribution in [0.1, 0.15) is 0 Å². The molecule has 8 aromatic carbocycles. The van der Waals surface area contributed by atoms with Crippen LogP contribution in [0.2, 0.25) is 0 Å². The molecule has 0 bridgehead atoms. The normalized spacial score (nSPS) is 12.5. The number of fused-ring (bicyclic) bond motifs is 13. The van der Waals surface area contributed by atoms with Crippen molar-refractivity contribution in [2.24, 2.45) is 0 Å². The lowest BCUT2D eigenvalue weighted by molar-refractivity contribution is 0.363. The van der Waals surface area contributed by atoms with Crippen molar-refractivity contribution in [3.63, 3.8) is 0 Å². The van der Waals surface area contributed by atoms with E-state index in [1.807, 2.05) is 42.5 Å². The van der Waals surface area contributed by atoms with Gasteiger partial charge in [0, 0.05) is 32.9 Å². The van der Waals surface area contributed by atoms with E-state index >= 15 is 0 Å². The lowest BCUT2D eigenvalue weighted by atomic mass is 10.0. The summed E-state index contributed by atoms with van der Waals surface area (Å²) in [7, 11) is 0. The first-order valence-corrected chi connectivity index (χ1v) is 17.8. The summed E-state index contributed by atoms with van der Waals surface area (Å²) in [4.78, 5) is 0. The fourth-order valence-corrected chi connectivity index (χ4v) is 8.44. The first-order chi connectivity index (χ1) is 26.3. The lowest BCUT2D eigenvalue weighted by Crippen LogP contribution is -1.99. The van der Waals surface area contributed by atoms with Crippen LogP contribution in [0, 0.1) is 0 Å². The quantitative estimate of drug-likeness (QED) is 0.186. The molecule has 53 heavy (non-hydrogen) atoms. The van der Waals surface area contributed by atoms with Gasteiger partial charge in [-0.3, -0.25) is 0 Å². The highest BCUT2D eigenvalue weighted by Gasteiger charge is 2.25. The molecule has 0 aliphatic carbocycles. The van der Waals surface area contributed by atoms with Gasteiger partial charge in [-0.1, -0.05) is 91.0 Å². The van der Waals surface area contributed by atoms with Gasteiger partial charge >= 0.3 is 0 Å². The van der Waals surface area contributed by atoms with Crippen LogP contribution in [0.5, 0.6) is 23.0 Å². The first-order valence-electron chi connectivity index (χ1n) is 17.8. The standard InChI is InChI=1S/C48H28N2O3/c1-4-12-37-35(10-1)45-39(26-25-34-33-9-3-6-14-41(33)52-47(34)45)49(37)31-21-17-29(18-22-31)30-19-23-32(24-20-30)50-38-13-5-2-11-36(38)46-40(50)27-28-44-48(46)53-43-16-8-7-15-42(43)51-44/h1-28H. The molecule has 0 saturated heterocycles. The van der Waals surface area contributed by atoms with Gasteiger partial charge in [0.1, 0.15) is 11.2 Å². The fraction of sp³-hybridized carbons (Fsp3) is 0. The van der Waals surface area contributed by atoms with Crippen LogP contribution in [0.25, 0.3) is 88.1 Å². The number of ether oxygens (including phenoxy) is 2. The van der Waals surface area contributed by atoms with Crippen molar-refractivity contribution in [3.05, 3.63) is 170 Å². The van der Waals surface area contributed by atoms with Crippen molar-refractivity contribution in [2.45, 2.75) is 0 Å². The van der Waals surface area contributed by atoms with Crippen LogP contribution in [0.4, 0.5) is 0 Å². The molecule has 248 valence electrons. The highest BCUT2D eigenvalue weighted by atomic mass is 16.6. The molecule has 0 radical (unpaired) electrons. The zero-order valence-corrected chi connectivity index (χ0v) is 28.3. The number of aromatic nitrogens is 2. The Hall–Kier alpha value is -7.24. The van der Waals surface area contributed by atoms with Gasteiger partial charge in [0.15, 0.2) is 23.0 Å². The Kier molecular flexibility index (Phi) is 5.71. The minimum Gasteiger partial charge on any atom is -0.455 e. The van der Waals surface area contributed by atoms with E-state index in [1.165, 1.54) is 5.39 Å². The van der Waals surface area contributed by atoms with Crippen LogP contribution in [-0.2, 0) is 0 Å². The summed E-state index contributed by atoms with van der Waals surface area (Å²) in [6, 6.07) is 59.4. The molecule has 5 heteroatoms. The second-order valence-electron chi connectivity index (χ2n) is 13.7. The summed E-state index contributed by atoms with van der Waals surface area (Å²) < 4.78 is 23.9. The smallest absolute Gasteiger partial charge is 0.180 e. The van der Waals surface area contributed by atoms with Crippen molar-refractivity contribution in [1.29, 1.82) is 0 Å².